The molecule has 1 aliphatic heterocycles. The van der Waals surface area contributed by atoms with Crippen molar-refractivity contribution in [3.05, 3.63) is 107 Å². The van der Waals surface area contributed by atoms with E-state index in [9.17, 15) is 19.8 Å². The van der Waals surface area contributed by atoms with Crippen molar-refractivity contribution in [2.45, 2.75) is 19.6 Å². The van der Waals surface area contributed by atoms with Gasteiger partial charge in [-0.05, 0) is 34.9 Å². The fourth-order valence-corrected chi connectivity index (χ4v) is 4.21. The largest absolute Gasteiger partial charge is 0.493 e. The monoisotopic (exact) mass is 485 g/mol. The van der Waals surface area contributed by atoms with Crippen molar-refractivity contribution >= 4 is 11.9 Å². The second-order valence-corrected chi connectivity index (χ2v) is 8.24. The van der Waals surface area contributed by atoms with Gasteiger partial charge >= 0.3 is 11.9 Å². The van der Waals surface area contributed by atoms with Gasteiger partial charge in [0.05, 0.1) is 6.61 Å². The van der Waals surface area contributed by atoms with Gasteiger partial charge in [0.15, 0.2) is 22.9 Å². The highest BCUT2D eigenvalue weighted by atomic mass is 16.5. The summed E-state index contributed by atoms with van der Waals surface area (Å²) in [4.78, 5) is 25.1. The van der Waals surface area contributed by atoms with Crippen molar-refractivity contribution in [2.75, 3.05) is 6.61 Å². The number of hydrogen-bond donors (Lipinski definition) is 2. The van der Waals surface area contributed by atoms with Gasteiger partial charge in [-0.25, -0.2) is 9.59 Å². The Morgan fingerprint density at radius 1 is 0.778 bits per heavy atom. The number of carbonyl (C=O) groups is 2. The van der Waals surface area contributed by atoms with Gasteiger partial charge in [-0.2, -0.15) is 0 Å². The standard InChI is InChI=1S/C28H23NO7/c30-27(31)23-25(35-16-18-7-3-1-4-8-18)26(36-17-19-9-5-2-6-10-19)24(28(32)33)29(23)21-11-12-22-20(15-21)13-14-34-22/h1-12,15H,13-14,16-17H2,(H,30,31)(H,32,33). The molecule has 0 aliphatic carbocycles. The first-order valence-electron chi connectivity index (χ1n) is 11.4. The second kappa shape index (κ2) is 9.87. The Balaban J connectivity index is 1.66. The summed E-state index contributed by atoms with van der Waals surface area (Å²) in [6.45, 7) is 0.576. The number of hydrogen-bond acceptors (Lipinski definition) is 5. The molecule has 1 aliphatic rings. The highest BCUT2D eigenvalue weighted by molar-refractivity contribution is 5.99. The summed E-state index contributed by atoms with van der Waals surface area (Å²) in [6, 6.07) is 23.5. The van der Waals surface area contributed by atoms with Gasteiger partial charge < -0.3 is 24.4 Å². The Kier molecular flexibility index (Phi) is 6.32. The lowest BCUT2D eigenvalue weighted by atomic mass is 10.1. The summed E-state index contributed by atoms with van der Waals surface area (Å²) in [5.41, 5.74) is 2.17. The van der Waals surface area contributed by atoms with Crippen molar-refractivity contribution in [1.82, 2.24) is 4.57 Å². The maximum Gasteiger partial charge on any atom is 0.356 e. The van der Waals surface area contributed by atoms with Crippen LogP contribution < -0.4 is 14.2 Å². The molecule has 8 heteroatoms. The highest BCUT2D eigenvalue weighted by Crippen LogP contribution is 2.42. The Hall–Kier alpha value is -4.72. The van der Waals surface area contributed by atoms with Crippen LogP contribution in [0.3, 0.4) is 0 Å². The zero-order valence-corrected chi connectivity index (χ0v) is 19.2. The number of fused-ring (bicyclic) bond motifs is 1. The molecule has 4 aromatic rings. The summed E-state index contributed by atoms with van der Waals surface area (Å²) >= 11 is 0. The number of aromatic carboxylic acids is 2. The molecule has 0 spiro atoms. The molecule has 0 unspecified atom stereocenters. The summed E-state index contributed by atoms with van der Waals surface area (Å²) in [5, 5.41) is 20.5. The molecule has 3 aromatic carbocycles. The minimum absolute atomic E-state index is 0.0317. The summed E-state index contributed by atoms with van der Waals surface area (Å²) in [6.07, 6.45) is 0.643. The maximum atomic E-state index is 12.5. The maximum absolute atomic E-state index is 12.5. The van der Waals surface area contributed by atoms with E-state index < -0.39 is 11.9 Å². The molecule has 0 bridgehead atoms. The molecular weight excluding hydrogens is 462 g/mol. The number of nitrogens with zero attached hydrogens (tertiary/aromatic N) is 1. The summed E-state index contributed by atoms with van der Waals surface area (Å²) in [5.74, 6) is -2.27. The Morgan fingerprint density at radius 3 is 1.81 bits per heavy atom. The number of carboxylic acids is 2. The predicted molar refractivity (Wildman–Crippen MR) is 130 cm³/mol. The normalized spacial score (nSPS) is 12.0. The summed E-state index contributed by atoms with van der Waals surface area (Å²) in [7, 11) is 0. The van der Waals surface area contributed by atoms with E-state index in [-0.39, 0.29) is 36.1 Å². The van der Waals surface area contributed by atoms with Crippen molar-refractivity contribution in [3.63, 3.8) is 0 Å². The van der Waals surface area contributed by atoms with E-state index in [2.05, 4.69) is 0 Å². The molecule has 0 radical (unpaired) electrons. The lowest BCUT2D eigenvalue weighted by molar-refractivity contribution is 0.0680. The number of carboxylic acid groups (broad SMARTS) is 2. The van der Waals surface area contributed by atoms with Gasteiger partial charge in [-0.15, -0.1) is 0 Å². The Labute approximate surface area is 206 Å². The topological polar surface area (TPSA) is 107 Å². The van der Waals surface area contributed by atoms with Crippen LogP contribution in [0.15, 0.2) is 78.9 Å². The number of benzene rings is 3. The molecule has 36 heavy (non-hydrogen) atoms. The highest BCUT2D eigenvalue weighted by Gasteiger charge is 2.35. The average Bonchev–Trinajstić information content (AvgIpc) is 3.49. The van der Waals surface area contributed by atoms with Crippen molar-refractivity contribution < 1.29 is 34.0 Å². The van der Waals surface area contributed by atoms with E-state index in [0.717, 1.165) is 16.7 Å². The molecule has 182 valence electrons. The van der Waals surface area contributed by atoms with Gasteiger partial charge in [-0.1, -0.05) is 60.7 Å². The van der Waals surface area contributed by atoms with Gasteiger partial charge in [0.2, 0.25) is 0 Å². The van der Waals surface area contributed by atoms with Crippen LogP contribution in [0.1, 0.15) is 37.7 Å². The van der Waals surface area contributed by atoms with Crippen molar-refractivity contribution in [3.8, 4) is 22.9 Å². The van der Waals surface area contributed by atoms with Gasteiger partial charge in [0.1, 0.15) is 19.0 Å². The van der Waals surface area contributed by atoms with E-state index in [1.165, 1.54) is 4.57 Å². The second-order valence-electron chi connectivity index (χ2n) is 8.24. The van der Waals surface area contributed by atoms with E-state index in [0.29, 0.717) is 24.5 Å². The molecule has 0 fully saturated rings. The smallest absolute Gasteiger partial charge is 0.356 e. The molecule has 8 nitrogen and oxygen atoms in total. The van der Waals surface area contributed by atoms with Crippen LogP contribution in [-0.4, -0.2) is 33.3 Å². The predicted octanol–water partition coefficient (Wildman–Crippen LogP) is 4.97. The van der Waals surface area contributed by atoms with Gasteiger partial charge in [-0.3, -0.25) is 4.57 Å². The molecule has 5 rings (SSSR count). The van der Waals surface area contributed by atoms with Crippen LogP contribution in [0, 0.1) is 0 Å². The first kappa shape index (κ1) is 23.0. The van der Waals surface area contributed by atoms with Crippen molar-refractivity contribution in [2.24, 2.45) is 0 Å². The van der Waals surface area contributed by atoms with E-state index in [1.54, 1.807) is 18.2 Å². The lowest BCUT2D eigenvalue weighted by Crippen LogP contribution is -2.14. The lowest BCUT2D eigenvalue weighted by Gasteiger charge is -2.11. The third-order valence-electron chi connectivity index (χ3n) is 5.87. The molecule has 1 aromatic heterocycles. The zero-order chi connectivity index (χ0) is 25.1. The molecule has 2 N–H and O–H groups in total. The molecule has 0 saturated heterocycles. The number of ether oxygens (including phenoxy) is 3. The average molecular weight is 485 g/mol. The van der Waals surface area contributed by atoms with Crippen molar-refractivity contribution in [1.29, 1.82) is 0 Å². The third kappa shape index (κ3) is 4.48. The van der Waals surface area contributed by atoms with Crippen LogP contribution in [0.2, 0.25) is 0 Å². The van der Waals surface area contributed by atoms with Crippen LogP contribution in [0.25, 0.3) is 5.69 Å². The molecule has 0 amide bonds. The minimum atomic E-state index is -1.34. The SMILES string of the molecule is O=C(O)c1c(OCc2ccccc2)c(OCc2ccccc2)c(C(=O)O)n1-c1ccc2c(c1)CCO2. The molecule has 0 saturated carbocycles. The minimum Gasteiger partial charge on any atom is -0.493 e. The van der Waals surface area contributed by atoms with E-state index in [4.69, 9.17) is 14.2 Å². The Morgan fingerprint density at radius 2 is 1.31 bits per heavy atom. The number of aromatic nitrogens is 1. The number of rotatable bonds is 9. The van der Waals surface area contributed by atoms with Crippen LogP contribution >= 0.6 is 0 Å². The molecule has 2 heterocycles. The van der Waals surface area contributed by atoms with Crippen LogP contribution in [0.4, 0.5) is 0 Å². The zero-order valence-electron chi connectivity index (χ0n) is 19.2. The fourth-order valence-electron chi connectivity index (χ4n) is 4.21. The fraction of sp³-hybridized carbons (Fsp3) is 0.143. The van der Waals surface area contributed by atoms with E-state index >= 15 is 0 Å². The van der Waals surface area contributed by atoms with E-state index in [1.807, 2.05) is 60.7 Å². The first-order valence-corrected chi connectivity index (χ1v) is 11.4. The first-order chi connectivity index (χ1) is 17.5. The summed E-state index contributed by atoms with van der Waals surface area (Å²) < 4.78 is 18.7. The molecular formula is C28H23NO7. The quantitative estimate of drug-likeness (QED) is 0.345. The molecule has 0 atom stereocenters. The Bertz CT molecular complexity index is 1330. The third-order valence-corrected chi connectivity index (χ3v) is 5.87. The van der Waals surface area contributed by atoms with Crippen LogP contribution in [0.5, 0.6) is 17.2 Å². The van der Waals surface area contributed by atoms with Crippen LogP contribution in [-0.2, 0) is 19.6 Å². The van der Waals surface area contributed by atoms with Gasteiger partial charge in [0.25, 0.3) is 0 Å². The van der Waals surface area contributed by atoms with Gasteiger partial charge in [0, 0.05) is 12.1 Å².